The first-order valence-electron chi connectivity index (χ1n) is 11.2. The summed E-state index contributed by atoms with van der Waals surface area (Å²) < 4.78 is 11.1. The monoisotopic (exact) mass is 374 g/mol. The number of aryl methyl sites for hydroxylation is 1. The van der Waals surface area contributed by atoms with Crippen molar-refractivity contribution in [2.75, 3.05) is 13.2 Å². The standard InChI is InChI=1S/C24H38O3/c1-2-3-4-5-6-7-8-9-10-13-19-26-24(25)20-27-23-18-14-16-21-15-11-12-17-22(21)23/h14,16,18H,2-13,15,17,19-20H2,1H3. The third kappa shape index (κ3) is 8.81. The number of hydrogen-bond donors (Lipinski definition) is 0. The number of rotatable bonds is 14. The molecule has 0 unspecified atom stereocenters. The summed E-state index contributed by atoms with van der Waals surface area (Å²) in [6.45, 7) is 2.80. The molecule has 2 rings (SSSR count). The van der Waals surface area contributed by atoms with Gasteiger partial charge in [0.25, 0.3) is 0 Å². The molecule has 0 aromatic heterocycles. The number of unbranched alkanes of at least 4 members (excludes halogenated alkanes) is 9. The third-order valence-corrected chi connectivity index (χ3v) is 5.46. The van der Waals surface area contributed by atoms with E-state index in [1.165, 1.54) is 75.3 Å². The Balaban J connectivity index is 1.48. The van der Waals surface area contributed by atoms with Crippen LogP contribution in [0.25, 0.3) is 0 Å². The Morgan fingerprint density at radius 3 is 2.30 bits per heavy atom. The van der Waals surface area contributed by atoms with Gasteiger partial charge in [0.1, 0.15) is 5.75 Å². The van der Waals surface area contributed by atoms with E-state index < -0.39 is 0 Å². The van der Waals surface area contributed by atoms with E-state index in [4.69, 9.17) is 9.47 Å². The summed E-state index contributed by atoms with van der Waals surface area (Å²) in [6, 6.07) is 6.17. The van der Waals surface area contributed by atoms with Crippen LogP contribution in [0.4, 0.5) is 0 Å². The predicted molar refractivity (Wildman–Crippen MR) is 111 cm³/mol. The van der Waals surface area contributed by atoms with E-state index in [1.54, 1.807) is 0 Å². The normalized spacial score (nSPS) is 13.2. The molecule has 0 fully saturated rings. The summed E-state index contributed by atoms with van der Waals surface area (Å²) in [5, 5.41) is 0. The second-order valence-corrected chi connectivity index (χ2v) is 7.79. The summed E-state index contributed by atoms with van der Waals surface area (Å²) in [5.74, 6) is 0.613. The minimum atomic E-state index is -0.251. The van der Waals surface area contributed by atoms with Crippen molar-refractivity contribution in [3.05, 3.63) is 29.3 Å². The van der Waals surface area contributed by atoms with Gasteiger partial charge in [-0.25, -0.2) is 4.79 Å². The Hall–Kier alpha value is -1.51. The van der Waals surface area contributed by atoms with E-state index in [1.807, 2.05) is 12.1 Å². The first-order chi connectivity index (χ1) is 13.3. The molecule has 0 spiro atoms. The Kier molecular flexibility index (Phi) is 11.0. The Labute approximate surface area is 165 Å². The largest absolute Gasteiger partial charge is 0.482 e. The van der Waals surface area contributed by atoms with Gasteiger partial charge in [0.15, 0.2) is 6.61 Å². The molecule has 0 radical (unpaired) electrons. The molecule has 1 aliphatic rings. The van der Waals surface area contributed by atoms with Crippen molar-refractivity contribution < 1.29 is 14.3 Å². The molecule has 1 aliphatic carbocycles. The van der Waals surface area contributed by atoms with Crippen molar-refractivity contribution in [1.29, 1.82) is 0 Å². The molecule has 0 atom stereocenters. The Morgan fingerprint density at radius 1 is 0.889 bits per heavy atom. The molecule has 1 aromatic rings. The van der Waals surface area contributed by atoms with Crippen LogP contribution in [0.2, 0.25) is 0 Å². The molecule has 0 aliphatic heterocycles. The molecule has 27 heavy (non-hydrogen) atoms. The van der Waals surface area contributed by atoms with Crippen LogP contribution in [0.1, 0.15) is 95.1 Å². The lowest BCUT2D eigenvalue weighted by molar-refractivity contribution is -0.146. The van der Waals surface area contributed by atoms with Crippen molar-refractivity contribution in [2.45, 2.75) is 96.8 Å². The summed E-state index contributed by atoms with van der Waals surface area (Å²) in [6.07, 6.45) is 17.5. The van der Waals surface area contributed by atoms with E-state index in [-0.39, 0.29) is 12.6 Å². The van der Waals surface area contributed by atoms with Crippen molar-refractivity contribution in [2.24, 2.45) is 0 Å². The molecule has 0 saturated carbocycles. The smallest absolute Gasteiger partial charge is 0.344 e. The van der Waals surface area contributed by atoms with Crippen molar-refractivity contribution in [3.8, 4) is 5.75 Å². The molecule has 0 heterocycles. The highest BCUT2D eigenvalue weighted by molar-refractivity contribution is 5.71. The minimum absolute atomic E-state index is 0.0220. The maximum atomic E-state index is 11.9. The number of fused-ring (bicyclic) bond motifs is 1. The van der Waals surface area contributed by atoms with Crippen LogP contribution >= 0.6 is 0 Å². The molecular weight excluding hydrogens is 336 g/mol. The Morgan fingerprint density at radius 2 is 1.56 bits per heavy atom. The van der Waals surface area contributed by atoms with Gasteiger partial charge in [-0.2, -0.15) is 0 Å². The quantitative estimate of drug-likeness (QED) is 0.279. The van der Waals surface area contributed by atoms with E-state index in [0.717, 1.165) is 31.4 Å². The zero-order valence-corrected chi connectivity index (χ0v) is 17.3. The molecule has 0 amide bonds. The second kappa shape index (κ2) is 13.6. The highest BCUT2D eigenvalue weighted by Gasteiger charge is 2.14. The van der Waals surface area contributed by atoms with Crippen LogP contribution in [0.15, 0.2) is 18.2 Å². The molecule has 3 nitrogen and oxygen atoms in total. The van der Waals surface area contributed by atoms with Gasteiger partial charge >= 0.3 is 5.97 Å². The molecular formula is C24H38O3. The second-order valence-electron chi connectivity index (χ2n) is 7.79. The average Bonchev–Trinajstić information content (AvgIpc) is 2.70. The first kappa shape index (κ1) is 21.8. The Bertz CT molecular complexity index is 538. The fraction of sp³-hybridized carbons (Fsp3) is 0.708. The number of esters is 1. The van der Waals surface area contributed by atoms with Crippen LogP contribution in [-0.2, 0) is 22.4 Å². The van der Waals surface area contributed by atoms with Gasteiger partial charge in [0, 0.05) is 0 Å². The van der Waals surface area contributed by atoms with Gasteiger partial charge in [0.2, 0.25) is 0 Å². The van der Waals surface area contributed by atoms with Gasteiger partial charge in [-0.3, -0.25) is 0 Å². The molecule has 3 heteroatoms. The summed E-state index contributed by atoms with van der Waals surface area (Å²) in [7, 11) is 0. The lowest BCUT2D eigenvalue weighted by atomic mass is 9.91. The SMILES string of the molecule is CCCCCCCCCCCCOC(=O)COc1cccc2c1CCCC2. The fourth-order valence-corrected chi connectivity index (χ4v) is 3.84. The topological polar surface area (TPSA) is 35.5 Å². The lowest BCUT2D eigenvalue weighted by Gasteiger charge is -2.19. The van der Waals surface area contributed by atoms with Gasteiger partial charge in [-0.1, -0.05) is 76.8 Å². The van der Waals surface area contributed by atoms with Crippen molar-refractivity contribution in [3.63, 3.8) is 0 Å². The van der Waals surface area contributed by atoms with Crippen molar-refractivity contribution in [1.82, 2.24) is 0 Å². The lowest BCUT2D eigenvalue weighted by Crippen LogP contribution is -2.17. The summed E-state index contributed by atoms with van der Waals surface area (Å²) in [4.78, 5) is 11.9. The predicted octanol–water partition coefficient (Wildman–Crippen LogP) is 6.41. The van der Waals surface area contributed by atoms with Crippen LogP contribution < -0.4 is 4.74 Å². The van der Waals surface area contributed by atoms with E-state index >= 15 is 0 Å². The van der Waals surface area contributed by atoms with Crippen LogP contribution in [0.3, 0.4) is 0 Å². The highest BCUT2D eigenvalue weighted by Crippen LogP contribution is 2.29. The molecule has 0 N–H and O–H groups in total. The zero-order valence-electron chi connectivity index (χ0n) is 17.3. The van der Waals surface area contributed by atoms with E-state index in [2.05, 4.69) is 13.0 Å². The van der Waals surface area contributed by atoms with Crippen LogP contribution in [0.5, 0.6) is 5.75 Å². The van der Waals surface area contributed by atoms with Gasteiger partial charge in [-0.05, 0) is 49.3 Å². The fourth-order valence-electron chi connectivity index (χ4n) is 3.84. The molecule has 0 bridgehead atoms. The van der Waals surface area contributed by atoms with Crippen LogP contribution in [0, 0.1) is 0 Å². The van der Waals surface area contributed by atoms with Gasteiger partial charge in [-0.15, -0.1) is 0 Å². The molecule has 1 aromatic carbocycles. The number of benzene rings is 1. The number of carbonyl (C=O) groups is 1. The minimum Gasteiger partial charge on any atom is -0.482 e. The summed E-state index contributed by atoms with van der Waals surface area (Å²) >= 11 is 0. The maximum Gasteiger partial charge on any atom is 0.344 e. The maximum absolute atomic E-state index is 11.9. The first-order valence-corrected chi connectivity index (χ1v) is 11.2. The molecule has 152 valence electrons. The summed E-state index contributed by atoms with van der Waals surface area (Å²) in [5.41, 5.74) is 2.66. The van der Waals surface area contributed by atoms with Crippen LogP contribution in [-0.4, -0.2) is 19.2 Å². The third-order valence-electron chi connectivity index (χ3n) is 5.46. The number of hydrogen-bond acceptors (Lipinski definition) is 3. The zero-order chi connectivity index (χ0) is 19.2. The van der Waals surface area contributed by atoms with E-state index in [0.29, 0.717) is 6.61 Å². The van der Waals surface area contributed by atoms with E-state index in [9.17, 15) is 4.79 Å². The highest BCUT2D eigenvalue weighted by atomic mass is 16.6. The molecule has 0 saturated heterocycles. The number of ether oxygens (including phenoxy) is 2. The average molecular weight is 375 g/mol. The number of carbonyl (C=O) groups excluding carboxylic acids is 1. The van der Waals surface area contributed by atoms with Gasteiger partial charge < -0.3 is 9.47 Å². The van der Waals surface area contributed by atoms with Gasteiger partial charge in [0.05, 0.1) is 6.61 Å². The van der Waals surface area contributed by atoms with Crippen molar-refractivity contribution >= 4 is 5.97 Å².